The van der Waals surface area contributed by atoms with Crippen LogP contribution in [0.25, 0.3) is 11.1 Å². The summed E-state index contributed by atoms with van der Waals surface area (Å²) in [6, 6.07) is 14.4. The zero-order chi connectivity index (χ0) is 11.2. The molecule has 1 aromatic heterocycles. The predicted octanol–water partition coefficient (Wildman–Crippen LogP) is 2.48. The number of aromatic nitrogens is 1. The molecule has 0 aliphatic heterocycles. The highest BCUT2D eigenvalue weighted by Gasteiger charge is 2.04. The van der Waals surface area contributed by atoms with Gasteiger partial charge in [-0.15, -0.1) is 0 Å². The Morgan fingerprint density at radius 3 is 2.50 bits per heavy atom. The van der Waals surface area contributed by atoms with Crippen molar-refractivity contribution in [2.75, 3.05) is 6.61 Å². The van der Waals surface area contributed by atoms with E-state index in [-0.39, 0.29) is 0 Å². The van der Waals surface area contributed by atoms with Gasteiger partial charge in [0.2, 0.25) is 12.4 Å². The van der Waals surface area contributed by atoms with Crippen molar-refractivity contribution in [2.24, 2.45) is 0 Å². The number of pyridine rings is 1. The Morgan fingerprint density at radius 2 is 1.75 bits per heavy atom. The van der Waals surface area contributed by atoms with Crippen LogP contribution in [0.5, 0.6) is 0 Å². The molecule has 82 valence electrons. The van der Waals surface area contributed by atoms with Crippen LogP contribution in [-0.2, 0) is 0 Å². The number of benzene rings is 1. The van der Waals surface area contributed by atoms with Gasteiger partial charge in [-0.1, -0.05) is 37.3 Å². The molecule has 2 nitrogen and oxygen atoms in total. The third kappa shape index (κ3) is 2.60. The third-order valence-electron chi connectivity index (χ3n) is 2.33. The van der Waals surface area contributed by atoms with Crippen LogP contribution in [0.3, 0.4) is 0 Å². The maximum Gasteiger partial charge on any atom is 0.230 e. The van der Waals surface area contributed by atoms with E-state index in [4.69, 9.17) is 4.84 Å². The van der Waals surface area contributed by atoms with Gasteiger partial charge in [0.05, 0.1) is 5.56 Å². The van der Waals surface area contributed by atoms with Crippen molar-refractivity contribution in [3.63, 3.8) is 0 Å². The van der Waals surface area contributed by atoms with E-state index in [1.165, 1.54) is 11.1 Å². The molecule has 0 aliphatic carbocycles. The lowest BCUT2D eigenvalue weighted by Gasteiger charge is -2.00. The second-order valence-electron chi connectivity index (χ2n) is 3.65. The van der Waals surface area contributed by atoms with Crippen molar-refractivity contribution in [3.8, 4) is 11.1 Å². The molecule has 2 heteroatoms. The third-order valence-corrected chi connectivity index (χ3v) is 2.33. The minimum absolute atomic E-state index is 0.739. The predicted molar refractivity (Wildman–Crippen MR) is 63.8 cm³/mol. The second kappa shape index (κ2) is 5.31. The lowest BCUT2D eigenvalue weighted by Crippen LogP contribution is -2.42. The first-order valence-corrected chi connectivity index (χ1v) is 5.60. The minimum Gasteiger partial charge on any atom is -0.271 e. The van der Waals surface area contributed by atoms with E-state index in [2.05, 4.69) is 25.1 Å². The molecule has 0 bridgehead atoms. The smallest absolute Gasteiger partial charge is 0.230 e. The Balaban J connectivity index is 2.22. The van der Waals surface area contributed by atoms with Crippen LogP contribution in [0.2, 0.25) is 0 Å². The van der Waals surface area contributed by atoms with E-state index in [1.807, 2.05) is 36.7 Å². The molecular formula is C14H16NO+. The van der Waals surface area contributed by atoms with E-state index in [0.717, 1.165) is 13.0 Å². The van der Waals surface area contributed by atoms with Gasteiger partial charge in [-0.25, -0.2) is 0 Å². The molecule has 0 saturated carbocycles. The Labute approximate surface area is 96.1 Å². The molecule has 0 spiro atoms. The monoisotopic (exact) mass is 214 g/mol. The van der Waals surface area contributed by atoms with Crippen LogP contribution in [0, 0.1) is 0 Å². The van der Waals surface area contributed by atoms with Gasteiger partial charge in [0.25, 0.3) is 0 Å². The van der Waals surface area contributed by atoms with Crippen molar-refractivity contribution in [2.45, 2.75) is 13.3 Å². The van der Waals surface area contributed by atoms with Crippen molar-refractivity contribution in [1.29, 1.82) is 0 Å². The molecule has 0 fully saturated rings. The first kappa shape index (κ1) is 10.7. The highest BCUT2D eigenvalue weighted by molar-refractivity contribution is 5.61. The standard InChI is InChI=1S/C14H16NO/c1-2-11-16-15-10-6-9-14(12-15)13-7-4-3-5-8-13/h3-10,12H,2,11H2,1H3/q+1. The van der Waals surface area contributed by atoms with Gasteiger partial charge < -0.3 is 0 Å². The number of nitrogens with zero attached hydrogens (tertiary/aromatic N) is 1. The zero-order valence-electron chi connectivity index (χ0n) is 9.47. The lowest BCUT2D eigenvalue weighted by molar-refractivity contribution is -0.891. The Bertz CT molecular complexity index is 439. The number of hydrogen-bond donors (Lipinski definition) is 0. The number of hydrogen-bond acceptors (Lipinski definition) is 1. The van der Waals surface area contributed by atoms with E-state index in [1.54, 1.807) is 4.73 Å². The Morgan fingerprint density at radius 1 is 1.00 bits per heavy atom. The fourth-order valence-electron chi connectivity index (χ4n) is 1.53. The molecule has 1 aromatic carbocycles. The van der Waals surface area contributed by atoms with Gasteiger partial charge >= 0.3 is 0 Å². The molecule has 0 aliphatic rings. The molecule has 0 amide bonds. The molecule has 2 aromatic rings. The molecule has 0 atom stereocenters. The Hall–Kier alpha value is -1.83. The summed E-state index contributed by atoms with van der Waals surface area (Å²) in [6.07, 6.45) is 4.94. The van der Waals surface area contributed by atoms with Crippen LogP contribution in [-0.4, -0.2) is 6.61 Å². The molecule has 0 N–H and O–H groups in total. The van der Waals surface area contributed by atoms with E-state index < -0.39 is 0 Å². The second-order valence-corrected chi connectivity index (χ2v) is 3.65. The van der Waals surface area contributed by atoms with Crippen LogP contribution >= 0.6 is 0 Å². The van der Waals surface area contributed by atoms with Gasteiger partial charge in [0, 0.05) is 10.8 Å². The summed E-state index contributed by atoms with van der Waals surface area (Å²) in [5.41, 5.74) is 2.37. The summed E-state index contributed by atoms with van der Waals surface area (Å²) < 4.78 is 1.77. The van der Waals surface area contributed by atoms with Crippen LogP contribution < -0.4 is 9.57 Å². The molecule has 2 rings (SSSR count). The fourth-order valence-corrected chi connectivity index (χ4v) is 1.53. The van der Waals surface area contributed by atoms with Crippen molar-refractivity contribution in [1.82, 2.24) is 0 Å². The quantitative estimate of drug-likeness (QED) is 0.713. The Kier molecular flexibility index (Phi) is 3.54. The lowest BCUT2D eigenvalue weighted by atomic mass is 10.1. The van der Waals surface area contributed by atoms with Crippen LogP contribution in [0.15, 0.2) is 54.9 Å². The van der Waals surface area contributed by atoms with Gasteiger partial charge in [-0.3, -0.25) is 4.84 Å². The normalized spacial score (nSPS) is 10.1. The molecule has 1 heterocycles. The maximum absolute atomic E-state index is 5.53. The van der Waals surface area contributed by atoms with E-state index >= 15 is 0 Å². The van der Waals surface area contributed by atoms with Gasteiger partial charge in [0.15, 0.2) is 6.61 Å². The molecule has 0 unspecified atom stereocenters. The minimum atomic E-state index is 0.739. The molecule has 0 radical (unpaired) electrons. The molecule has 0 saturated heterocycles. The first-order chi connectivity index (χ1) is 7.90. The topological polar surface area (TPSA) is 13.1 Å². The highest BCUT2D eigenvalue weighted by atomic mass is 16.7. The van der Waals surface area contributed by atoms with Gasteiger partial charge in [0.1, 0.15) is 0 Å². The fraction of sp³-hybridized carbons (Fsp3) is 0.214. The highest BCUT2D eigenvalue weighted by Crippen LogP contribution is 2.15. The zero-order valence-corrected chi connectivity index (χ0v) is 9.47. The average molecular weight is 214 g/mol. The number of rotatable bonds is 4. The van der Waals surface area contributed by atoms with Gasteiger partial charge in [-0.2, -0.15) is 0 Å². The van der Waals surface area contributed by atoms with E-state index in [9.17, 15) is 0 Å². The van der Waals surface area contributed by atoms with E-state index in [0.29, 0.717) is 0 Å². The largest absolute Gasteiger partial charge is 0.271 e. The van der Waals surface area contributed by atoms with Crippen molar-refractivity contribution in [3.05, 3.63) is 54.9 Å². The van der Waals surface area contributed by atoms with Crippen molar-refractivity contribution >= 4 is 0 Å². The molecule has 16 heavy (non-hydrogen) atoms. The van der Waals surface area contributed by atoms with Crippen LogP contribution in [0.1, 0.15) is 13.3 Å². The van der Waals surface area contributed by atoms with Crippen molar-refractivity contribution < 1.29 is 9.57 Å². The summed E-state index contributed by atoms with van der Waals surface area (Å²) in [7, 11) is 0. The summed E-state index contributed by atoms with van der Waals surface area (Å²) in [5, 5.41) is 0. The summed E-state index contributed by atoms with van der Waals surface area (Å²) >= 11 is 0. The summed E-state index contributed by atoms with van der Waals surface area (Å²) in [4.78, 5) is 5.53. The average Bonchev–Trinajstić information content (AvgIpc) is 2.38. The SMILES string of the molecule is CCCO[n+]1cccc(-c2ccccc2)c1. The summed E-state index contributed by atoms with van der Waals surface area (Å²) in [6.45, 7) is 2.84. The molecular weight excluding hydrogens is 198 g/mol. The van der Waals surface area contributed by atoms with Gasteiger partial charge in [-0.05, 0) is 18.1 Å². The first-order valence-electron chi connectivity index (χ1n) is 5.60. The van der Waals surface area contributed by atoms with Crippen LogP contribution in [0.4, 0.5) is 0 Å². The summed E-state index contributed by atoms with van der Waals surface area (Å²) in [5.74, 6) is 0. The maximum atomic E-state index is 5.53.